The quantitative estimate of drug-likeness (QED) is 0.656. The smallest absolute Gasteiger partial charge is 0.313 e. The van der Waals surface area contributed by atoms with Gasteiger partial charge in [-0.15, -0.1) is 0 Å². The van der Waals surface area contributed by atoms with Crippen LogP contribution in [0.25, 0.3) is 0 Å². The van der Waals surface area contributed by atoms with E-state index < -0.39 is 17.7 Å². The second kappa shape index (κ2) is 7.18. The van der Waals surface area contributed by atoms with Crippen molar-refractivity contribution in [3.05, 3.63) is 24.0 Å². The first-order chi connectivity index (χ1) is 11.9. The van der Waals surface area contributed by atoms with Crippen LogP contribution >= 0.6 is 0 Å². The van der Waals surface area contributed by atoms with Crippen molar-refractivity contribution >= 4 is 23.4 Å². The Morgan fingerprint density at radius 1 is 1.20 bits per heavy atom. The minimum Gasteiger partial charge on any atom is -0.393 e. The molecule has 8 heteroatoms. The lowest BCUT2D eigenvalue weighted by Crippen LogP contribution is -2.49. The van der Waals surface area contributed by atoms with Crippen LogP contribution in [0.3, 0.4) is 0 Å². The summed E-state index contributed by atoms with van der Waals surface area (Å²) in [6.45, 7) is 1.06. The Labute approximate surface area is 145 Å². The van der Waals surface area contributed by atoms with Gasteiger partial charge in [0.15, 0.2) is 0 Å². The lowest BCUT2D eigenvalue weighted by molar-refractivity contribution is -0.145. The number of fused-ring (bicyclic) bond motifs is 1. The van der Waals surface area contributed by atoms with Crippen LogP contribution in [0.1, 0.15) is 36.0 Å². The number of aliphatic hydroxyl groups excluding tert-OH is 1. The second-order valence-corrected chi connectivity index (χ2v) is 6.81. The average Bonchev–Trinajstić information content (AvgIpc) is 2.60. The molecule has 134 valence electrons. The van der Waals surface area contributed by atoms with Gasteiger partial charge in [-0.1, -0.05) is 0 Å². The van der Waals surface area contributed by atoms with Gasteiger partial charge >= 0.3 is 11.8 Å². The Kier molecular flexibility index (Phi) is 4.98. The Hall–Kier alpha value is -2.48. The molecule has 1 aromatic rings. The number of hydrogen-bond donors (Lipinski definition) is 3. The molecule has 2 aliphatic rings. The maximum absolute atomic E-state index is 12.4. The van der Waals surface area contributed by atoms with Gasteiger partial charge in [0.25, 0.3) is 0 Å². The number of piperidine rings is 1. The van der Waals surface area contributed by atoms with Crippen LogP contribution in [0.15, 0.2) is 18.5 Å². The number of aromatic nitrogens is 1. The number of hydrogen-bond acceptors (Lipinski definition) is 5. The Balaban J connectivity index is 1.60. The number of rotatable bonds is 2. The molecule has 2 fully saturated rings. The third-order valence-electron chi connectivity index (χ3n) is 5.10. The molecule has 8 nitrogen and oxygen atoms in total. The SMILES string of the molecule is NC(=O)c1cncc(NC(=O)C(=O)N2CCC3CC(O)CCC3C2)c1. The van der Waals surface area contributed by atoms with Crippen molar-refractivity contribution in [2.75, 3.05) is 18.4 Å². The van der Waals surface area contributed by atoms with Gasteiger partial charge in [0.05, 0.1) is 23.6 Å². The molecule has 1 saturated heterocycles. The molecule has 0 radical (unpaired) electrons. The number of likely N-dealkylation sites (tertiary alicyclic amines) is 1. The molecule has 3 unspecified atom stereocenters. The summed E-state index contributed by atoms with van der Waals surface area (Å²) >= 11 is 0. The van der Waals surface area contributed by atoms with Crippen molar-refractivity contribution in [2.45, 2.75) is 31.8 Å². The second-order valence-electron chi connectivity index (χ2n) is 6.81. The van der Waals surface area contributed by atoms with Crippen molar-refractivity contribution in [2.24, 2.45) is 17.6 Å². The van der Waals surface area contributed by atoms with Gasteiger partial charge in [-0.25, -0.2) is 0 Å². The topological polar surface area (TPSA) is 126 Å². The molecule has 1 aromatic heterocycles. The number of primary amides is 1. The zero-order valence-corrected chi connectivity index (χ0v) is 13.9. The summed E-state index contributed by atoms with van der Waals surface area (Å²) in [7, 11) is 0. The molecule has 1 aliphatic carbocycles. The molecule has 1 aliphatic heterocycles. The zero-order chi connectivity index (χ0) is 18.0. The third kappa shape index (κ3) is 3.96. The average molecular weight is 346 g/mol. The van der Waals surface area contributed by atoms with E-state index in [0.29, 0.717) is 24.9 Å². The molecule has 25 heavy (non-hydrogen) atoms. The molecule has 0 spiro atoms. The summed E-state index contributed by atoms with van der Waals surface area (Å²) < 4.78 is 0. The number of nitrogens with two attached hydrogens (primary N) is 1. The standard InChI is InChI=1S/C17H22N4O4/c18-15(23)12-5-13(8-19-7-12)20-16(24)17(25)21-4-3-10-6-14(22)2-1-11(10)9-21/h5,7-8,10-11,14,22H,1-4,6,9H2,(H2,18,23)(H,20,24). The van der Waals surface area contributed by atoms with E-state index in [1.807, 2.05) is 0 Å². The van der Waals surface area contributed by atoms with Gasteiger partial charge < -0.3 is 21.1 Å². The van der Waals surface area contributed by atoms with Gasteiger partial charge in [0.1, 0.15) is 0 Å². The first kappa shape index (κ1) is 17.3. The highest BCUT2D eigenvalue weighted by molar-refractivity contribution is 6.39. The van der Waals surface area contributed by atoms with E-state index in [0.717, 1.165) is 25.7 Å². The lowest BCUT2D eigenvalue weighted by atomic mass is 9.74. The maximum atomic E-state index is 12.4. The summed E-state index contributed by atoms with van der Waals surface area (Å²) in [5, 5.41) is 12.2. The highest BCUT2D eigenvalue weighted by Crippen LogP contribution is 2.36. The molecule has 4 N–H and O–H groups in total. The van der Waals surface area contributed by atoms with Crippen molar-refractivity contribution in [3.63, 3.8) is 0 Å². The van der Waals surface area contributed by atoms with E-state index in [9.17, 15) is 19.5 Å². The number of pyridine rings is 1. The van der Waals surface area contributed by atoms with Gasteiger partial charge in [0.2, 0.25) is 5.91 Å². The summed E-state index contributed by atoms with van der Waals surface area (Å²) in [6, 6.07) is 1.38. The van der Waals surface area contributed by atoms with Gasteiger partial charge in [-0.3, -0.25) is 19.4 Å². The summed E-state index contributed by atoms with van der Waals surface area (Å²) in [4.78, 5) is 41.2. The number of anilines is 1. The van der Waals surface area contributed by atoms with E-state index in [4.69, 9.17) is 5.73 Å². The summed E-state index contributed by atoms with van der Waals surface area (Å²) in [6.07, 6.45) is 5.62. The first-order valence-corrected chi connectivity index (χ1v) is 8.47. The molecule has 3 rings (SSSR count). The van der Waals surface area contributed by atoms with E-state index in [1.165, 1.54) is 18.5 Å². The number of aliphatic hydroxyl groups is 1. The highest BCUT2D eigenvalue weighted by Gasteiger charge is 2.37. The van der Waals surface area contributed by atoms with Crippen molar-refractivity contribution in [1.29, 1.82) is 0 Å². The van der Waals surface area contributed by atoms with Crippen molar-refractivity contribution < 1.29 is 19.5 Å². The van der Waals surface area contributed by atoms with Crippen LogP contribution < -0.4 is 11.1 Å². The Morgan fingerprint density at radius 2 is 2.00 bits per heavy atom. The van der Waals surface area contributed by atoms with Crippen molar-refractivity contribution in [3.8, 4) is 0 Å². The molecule has 0 aromatic carbocycles. The van der Waals surface area contributed by atoms with E-state index >= 15 is 0 Å². The zero-order valence-electron chi connectivity index (χ0n) is 13.9. The predicted octanol–water partition coefficient (Wildman–Crippen LogP) is 0.128. The minimum absolute atomic E-state index is 0.159. The van der Waals surface area contributed by atoms with Crippen LogP contribution in [0.2, 0.25) is 0 Å². The summed E-state index contributed by atoms with van der Waals surface area (Å²) in [5.41, 5.74) is 5.59. The molecule has 3 atom stereocenters. The fraction of sp³-hybridized carbons (Fsp3) is 0.529. The van der Waals surface area contributed by atoms with Gasteiger partial charge in [0, 0.05) is 19.3 Å². The number of carbonyl (C=O) groups excluding carboxylic acids is 3. The largest absolute Gasteiger partial charge is 0.393 e. The van der Waals surface area contributed by atoms with Crippen LogP contribution in [-0.4, -0.2) is 51.9 Å². The molecule has 3 amide bonds. The Bertz CT molecular complexity index is 693. The number of carbonyl (C=O) groups is 3. The lowest BCUT2D eigenvalue weighted by Gasteiger charge is -2.42. The normalized spacial score (nSPS) is 25.8. The Morgan fingerprint density at radius 3 is 2.76 bits per heavy atom. The third-order valence-corrected chi connectivity index (χ3v) is 5.10. The predicted molar refractivity (Wildman–Crippen MR) is 89.4 cm³/mol. The maximum Gasteiger partial charge on any atom is 0.313 e. The van der Waals surface area contributed by atoms with E-state index in [1.54, 1.807) is 4.90 Å². The van der Waals surface area contributed by atoms with E-state index in [-0.39, 0.29) is 17.4 Å². The number of amides is 3. The van der Waals surface area contributed by atoms with E-state index in [2.05, 4.69) is 10.3 Å². The molecular formula is C17H22N4O4. The van der Waals surface area contributed by atoms with Crippen LogP contribution in [0.5, 0.6) is 0 Å². The first-order valence-electron chi connectivity index (χ1n) is 8.47. The summed E-state index contributed by atoms with van der Waals surface area (Å²) in [5.74, 6) is -1.23. The van der Waals surface area contributed by atoms with Gasteiger partial charge in [-0.05, 0) is 43.6 Å². The molecule has 1 saturated carbocycles. The molecule has 0 bridgehead atoms. The van der Waals surface area contributed by atoms with Gasteiger partial charge in [-0.2, -0.15) is 0 Å². The molecule has 2 heterocycles. The number of nitrogens with zero attached hydrogens (tertiary/aromatic N) is 2. The molecular weight excluding hydrogens is 324 g/mol. The van der Waals surface area contributed by atoms with Crippen LogP contribution in [-0.2, 0) is 9.59 Å². The van der Waals surface area contributed by atoms with Crippen LogP contribution in [0.4, 0.5) is 5.69 Å². The highest BCUT2D eigenvalue weighted by atomic mass is 16.3. The van der Waals surface area contributed by atoms with Crippen molar-refractivity contribution in [1.82, 2.24) is 9.88 Å². The monoisotopic (exact) mass is 346 g/mol. The number of nitrogens with one attached hydrogen (secondary N) is 1. The fourth-order valence-electron chi connectivity index (χ4n) is 3.75. The minimum atomic E-state index is -0.752. The van der Waals surface area contributed by atoms with Crippen LogP contribution in [0, 0.1) is 11.8 Å². The fourth-order valence-corrected chi connectivity index (χ4v) is 3.75.